The number of aryl methyl sites for hydroxylation is 1. The fourth-order valence-electron chi connectivity index (χ4n) is 4.73. The van der Waals surface area contributed by atoms with Crippen LogP contribution in [0.2, 0.25) is 0 Å². The summed E-state index contributed by atoms with van der Waals surface area (Å²) >= 11 is 0. The molecule has 3 aromatic carbocycles. The quantitative estimate of drug-likeness (QED) is 0.324. The molecule has 0 radical (unpaired) electrons. The van der Waals surface area contributed by atoms with Crippen LogP contribution in [0.4, 0.5) is 20.7 Å². The predicted molar refractivity (Wildman–Crippen MR) is 152 cm³/mol. The van der Waals surface area contributed by atoms with E-state index in [0.717, 1.165) is 34.1 Å². The molecule has 1 N–H and O–H groups in total. The summed E-state index contributed by atoms with van der Waals surface area (Å²) in [5.41, 5.74) is 4.42. The summed E-state index contributed by atoms with van der Waals surface area (Å²) in [4.78, 5) is 26.7. The van der Waals surface area contributed by atoms with Gasteiger partial charge in [0.2, 0.25) is 0 Å². The minimum Gasteiger partial charge on any atom is -0.494 e. The van der Waals surface area contributed by atoms with E-state index in [1.807, 2.05) is 67.3 Å². The molecule has 0 bridgehead atoms. The van der Waals surface area contributed by atoms with Crippen molar-refractivity contribution < 1.29 is 13.9 Å². The highest BCUT2D eigenvalue weighted by atomic mass is 19.1. The number of nitrogens with zero attached hydrogens (tertiary/aromatic N) is 4. The first-order chi connectivity index (χ1) is 19.0. The molecule has 0 unspecified atom stereocenters. The van der Waals surface area contributed by atoms with Crippen LogP contribution in [0.25, 0.3) is 11.4 Å². The second-order valence-corrected chi connectivity index (χ2v) is 9.47. The van der Waals surface area contributed by atoms with Crippen molar-refractivity contribution >= 4 is 17.5 Å². The first kappa shape index (κ1) is 26.2. The summed E-state index contributed by atoms with van der Waals surface area (Å²) in [5.74, 6) is 1.77. The lowest BCUT2D eigenvalue weighted by molar-refractivity contribution is 0.208. The summed E-state index contributed by atoms with van der Waals surface area (Å²) in [6.45, 7) is 6.85. The summed E-state index contributed by atoms with van der Waals surface area (Å²) in [6.07, 6.45) is 0.684. The smallest absolute Gasteiger partial charge is 0.321 e. The summed E-state index contributed by atoms with van der Waals surface area (Å²) < 4.78 is 19.5. The highest BCUT2D eigenvalue weighted by Crippen LogP contribution is 2.29. The van der Waals surface area contributed by atoms with Gasteiger partial charge in [0.25, 0.3) is 0 Å². The van der Waals surface area contributed by atoms with E-state index in [4.69, 9.17) is 14.7 Å². The summed E-state index contributed by atoms with van der Waals surface area (Å²) in [7, 11) is 0. The maximum Gasteiger partial charge on any atom is 0.321 e. The average molecular weight is 526 g/mol. The molecule has 0 aliphatic carbocycles. The number of urea groups is 1. The molecule has 8 heteroatoms. The molecule has 1 fully saturated rings. The van der Waals surface area contributed by atoms with Gasteiger partial charge in [-0.15, -0.1) is 0 Å². The van der Waals surface area contributed by atoms with Crippen molar-refractivity contribution in [3.05, 3.63) is 102 Å². The number of anilines is 2. The minimum atomic E-state index is -0.323. The minimum absolute atomic E-state index is 0.136. The number of hydrogen-bond donors (Lipinski definition) is 1. The number of hydrogen-bond acceptors (Lipinski definition) is 5. The zero-order valence-corrected chi connectivity index (χ0v) is 22.2. The van der Waals surface area contributed by atoms with Crippen molar-refractivity contribution in [2.75, 3.05) is 43.0 Å². The molecule has 39 heavy (non-hydrogen) atoms. The van der Waals surface area contributed by atoms with E-state index in [1.54, 1.807) is 6.07 Å². The molecule has 0 atom stereocenters. The van der Waals surface area contributed by atoms with Crippen LogP contribution in [-0.4, -0.2) is 53.7 Å². The van der Waals surface area contributed by atoms with Crippen molar-refractivity contribution in [3.63, 3.8) is 0 Å². The van der Waals surface area contributed by atoms with E-state index < -0.39 is 0 Å². The molecule has 2 heterocycles. The van der Waals surface area contributed by atoms with Crippen LogP contribution in [0.5, 0.6) is 5.75 Å². The number of aromatic nitrogens is 2. The van der Waals surface area contributed by atoms with E-state index in [-0.39, 0.29) is 11.8 Å². The summed E-state index contributed by atoms with van der Waals surface area (Å²) in [6, 6.07) is 23.8. The Morgan fingerprint density at radius 2 is 1.69 bits per heavy atom. The molecule has 4 aromatic rings. The molecule has 1 saturated heterocycles. The van der Waals surface area contributed by atoms with E-state index in [1.165, 1.54) is 12.1 Å². The van der Waals surface area contributed by atoms with Gasteiger partial charge in [0.05, 0.1) is 6.61 Å². The molecule has 2 amide bonds. The lowest BCUT2D eigenvalue weighted by Crippen LogP contribution is -2.50. The van der Waals surface area contributed by atoms with Gasteiger partial charge in [-0.2, -0.15) is 0 Å². The Kier molecular flexibility index (Phi) is 8.01. The van der Waals surface area contributed by atoms with Gasteiger partial charge in [0.15, 0.2) is 5.82 Å². The van der Waals surface area contributed by atoms with Crippen molar-refractivity contribution in [1.29, 1.82) is 0 Å². The van der Waals surface area contributed by atoms with E-state index >= 15 is 0 Å². The predicted octanol–water partition coefficient (Wildman–Crippen LogP) is 5.93. The summed E-state index contributed by atoms with van der Waals surface area (Å²) in [5, 5.41) is 2.98. The fourth-order valence-corrected chi connectivity index (χ4v) is 4.73. The number of ether oxygens (including phenoxy) is 1. The number of piperazine rings is 1. The lowest BCUT2D eigenvalue weighted by Gasteiger charge is -2.36. The maximum atomic E-state index is 14.0. The van der Waals surface area contributed by atoms with Gasteiger partial charge < -0.3 is 19.9 Å². The number of benzene rings is 3. The topological polar surface area (TPSA) is 70.6 Å². The average Bonchev–Trinajstić information content (AvgIpc) is 2.96. The largest absolute Gasteiger partial charge is 0.494 e. The van der Waals surface area contributed by atoms with Crippen molar-refractivity contribution in [3.8, 4) is 17.1 Å². The molecular weight excluding hydrogens is 493 g/mol. The van der Waals surface area contributed by atoms with Gasteiger partial charge in [0, 0.05) is 55.1 Å². The zero-order chi connectivity index (χ0) is 27.2. The Morgan fingerprint density at radius 3 is 2.38 bits per heavy atom. The number of nitrogens with one attached hydrogen (secondary N) is 1. The molecule has 200 valence electrons. The van der Waals surface area contributed by atoms with Crippen LogP contribution < -0.4 is 15.0 Å². The van der Waals surface area contributed by atoms with Gasteiger partial charge in [-0.25, -0.2) is 19.2 Å². The normalized spacial score (nSPS) is 13.3. The highest BCUT2D eigenvalue weighted by Gasteiger charge is 2.25. The van der Waals surface area contributed by atoms with Crippen LogP contribution in [-0.2, 0) is 6.42 Å². The number of halogens is 1. The van der Waals surface area contributed by atoms with Crippen molar-refractivity contribution in [1.82, 2.24) is 14.9 Å². The van der Waals surface area contributed by atoms with Crippen LogP contribution in [0.1, 0.15) is 23.7 Å². The molecule has 1 aromatic heterocycles. The van der Waals surface area contributed by atoms with Crippen LogP contribution in [0, 0.1) is 12.7 Å². The van der Waals surface area contributed by atoms with Crippen LogP contribution >= 0.6 is 0 Å². The Morgan fingerprint density at radius 1 is 0.949 bits per heavy atom. The number of rotatable bonds is 7. The first-order valence-corrected chi connectivity index (χ1v) is 13.2. The van der Waals surface area contributed by atoms with Crippen LogP contribution in [0.3, 0.4) is 0 Å². The van der Waals surface area contributed by atoms with Crippen molar-refractivity contribution in [2.45, 2.75) is 20.3 Å². The highest BCUT2D eigenvalue weighted by molar-refractivity contribution is 5.89. The van der Waals surface area contributed by atoms with Gasteiger partial charge in [0.1, 0.15) is 17.4 Å². The third-order valence-electron chi connectivity index (χ3n) is 6.78. The van der Waals surface area contributed by atoms with E-state index in [0.29, 0.717) is 50.6 Å². The SMILES string of the molecule is CCOc1ccc(NC(=O)N2CCN(c3nc(-c4cccc(F)c4)nc(C)c3Cc3ccccc3)CC2)cc1. The van der Waals surface area contributed by atoms with E-state index in [9.17, 15) is 9.18 Å². The Labute approximate surface area is 228 Å². The molecule has 5 rings (SSSR count). The van der Waals surface area contributed by atoms with Crippen molar-refractivity contribution in [2.24, 2.45) is 0 Å². The molecule has 1 aliphatic rings. The molecular formula is C31H32FN5O2. The third kappa shape index (κ3) is 6.34. The Hall–Kier alpha value is -4.46. The third-order valence-corrected chi connectivity index (χ3v) is 6.78. The Bertz CT molecular complexity index is 1420. The van der Waals surface area contributed by atoms with Gasteiger partial charge in [-0.05, 0) is 55.8 Å². The molecule has 7 nitrogen and oxygen atoms in total. The van der Waals surface area contributed by atoms with E-state index in [2.05, 4.69) is 22.3 Å². The van der Waals surface area contributed by atoms with Crippen LogP contribution in [0.15, 0.2) is 78.9 Å². The number of carbonyl (C=O) groups is 1. The zero-order valence-electron chi connectivity index (χ0n) is 22.2. The standard InChI is InChI=1S/C31H32FN5O2/c1-3-39-27-14-12-26(13-15-27)34-31(38)37-18-16-36(17-19-37)30-28(20-23-8-5-4-6-9-23)22(2)33-29(35-30)24-10-7-11-25(32)21-24/h4-15,21H,3,16-20H2,1-2H3,(H,34,38). The Balaban J connectivity index is 1.35. The van der Waals surface area contributed by atoms with Gasteiger partial charge in [-0.1, -0.05) is 42.5 Å². The monoisotopic (exact) mass is 525 g/mol. The number of amides is 2. The second kappa shape index (κ2) is 11.9. The molecule has 1 aliphatic heterocycles. The number of carbonyl (C=O) groups excluding carboxylic acids is 1. The maximum absolute atomic E-state index is 14.0. The molecule has 0 saturated carbocycles. The van der Waals surface area contributed by atoms with Gasteiger partial charge in [-0.3, -0.25) is 0 Å². The lowest BCUT2D eigenvalue weighted by atomic mass is 10.0. The second-order valence-electron chi connectivity index (χ2n) is 9.47. The first-order valence-electron chi connectivity index (χ1n) is 13.2. The molecule has 0 spiro atoms. The fraction of sp³-hybridized carbons (Fsp3) is 0.258. The van der Waals surface area contributed by atoms with Gasteiger partial charge >= 0.3 is 6.03 Å².